The molecule has 2 N–H and O–H groups in total. The maximum absolute atomic E-state index is 5.58. The minimum atomic E-state index is 0.527. The Bertz CT molecular complexity index is 454. The largest absolute Gasteiger partial charge is 0.467 e. The van der Waals surface area contributed by atoms with E-state index in [2.05, 4.69) is 27.4 Å². The van der Waals surface area contributed by atoms with E-state index in [4.69, 9.17) is 9.15 Å². The van der Waals surface area contributed by atoms with Gasteiger partial charge in [0, 0.05) is 39.3 Å². The molecule has 1 aliphatic heterocycles. The SMILES string of the molecule is CCCN1CCC(NC(=NC)NCCCOCc2ccco2)CC1. The summed E-state index contributed by atoms with van der Waals surface area (Å²) in [6.07, 6.45) is 6.22. The highest BCUT2D eigenvalue weighted by Crippen LogP contribution is 2.10. The molecule has 0 saturated carbocycles. The van der Waals surface area contributed by atoms with Gasteiger partial charge in [-0.3, -0.25) is 4.99 Å². The molecule has 2 rings (SSSR count). The van der Waals surface area contributed by atoms with Gasteiger partial charge in [-0.25, -0.2) is 0 Å². The van der Waals surface area contributed by atoms with Gasteiger partial charge in [0.05, 0.1) is 6.26 Å². The van der Waals surface area contributed by atoms with Gasteiger partial charge in [0.2, 0.25) is 0 Å². The van der Waals surface area contributed by atoms with E-state index in [9.17, 15) is 0 Å². The van der Waals surface area contributed by atoms with Crippen LogP contribution in [-0.2, 0) is 11.3 Å². The van der Waals surface area contributed by atoms with E-state index in [0.717, 1.165) is 24.7 Å². The van der Waals surface area contributed by atoms with Crippen LogP contribution in [0.4, 0.5) is 0 Å². The molecule has 0 atom stereocenters. The quantitative estimate of drug-likeness (QED) is 0.411. The van der Waals surface area contributed by atoms with Gasteiger partial charge in [0.15, 0.2) is 5.96 Å². The number of nitrogens with one attached hydrogen (secondary N) is 2. The van der Waals surface area contributed by atoms with E-state index < -0.39 is 0 Å². The highest BCUT2D eigenvalue weighted by molar-refractivity contribution is 5.79. The first kappa shape index (κ1) is 18.8. The number of piperidine rings is 1. The van der Waals surface area contributed by atoms with Crippen LogP contribution in [0.2, 0.25) is 0 Å². The van der Waals surface area contributed by atoms with Crippen LogP contribution < -0.4 is 10.6 Å². The number of ether oxygens (including phenoxy) is 1. The summed E-state index contributed by atoms with van der Waals surface area (Å²) in [5.74, 6) is 1.77. The smallest absolute Gasteiger partial charge is 0.191 e. The topological polar surface area (TPSA) is 62.0 Å². The first-order valence-electron chi connectivity index (χ1n) is 9.11. The van der Waals surface area contributed by atoms with Crippen molar-refractivity contribution in [1.29, 1.82) is 0 Å². The van der Waals surface area contributed by atoms with Gasteiger partial charge in [-0.2, -0.15) is 0 Å². The molecule has 0 aromatic carbocycles. The van der Waals surface area contributed by atoms with Gasteiger partial charge in [0.1, 0.15) is 12.4 Å². The summed E-state index contributed by atoms with van der Waals surface area (Å²) in [4.78, 5) is 6.87. The molecular weight excluding hydrogens is 304 g/mol. The Morgan fingerprint density at radius 2 is 2.25 bits per heavy atom. The molecule has 0 bridgehead atoms. The van der Waals surface area contributed by atoms with E-state index in [0.29, 0.717) is 19.3 Å². The lowest BCUT2D eigenvalue weighted by Crippen LogP contribution is -2.48. The second-order valence-corrected chi connectivity index (χ2v) is 6.24. The minimum absolute atomic E-state index is 0.527. The van der Waals surface area contributed by atoms with Gasteiger partial charge in [0.25, 0.3) is 0 Å². The monoisotopic (exact) mass is 336 g/mol. The number of hydrogen-bond acceptors (Lipinski definition) is 4. The van der Waals surface area contributed by atoms with Crippen LogP contribution in [0.25, 0.3) is 0 Å². The van der Waals surface area contributed by atoms with E-state index in [1.165, 1.54) is 38.9 Å². The lowest BCUT2D eigenvalue weighted by molar-refractivity contribution is 0.105. The average molecular weight is 336 g/mol. The number of aliphatic imine (C=N–C) groups is 1. The molecule has 0 unspecified atom stereocenters. The molecule has 2 heterocycles. The third-order valence-electron chi connectivity index (χ3n) is 4.27. The summed E-state index contributed by atoms with van der Waals surface area (Å²) >= 11 is 0. The fraction of sp³-hybridized carbons (Fsp3) is 0.722. The van der Waals surface area contributed by atoms with Gasteiger partial charge in [-0.05, 0) is 44.4 Å². The molecule has 0 spiro atoms. The van der Waals surface area contributed by atoms with Crippen molar-refractivity contribution in [2.24, 2.45) is 4.99 Å². The van der Waals surface area contributed by atoms with Crippen LogP contribution in [0.1, 0.15) is 38.4 Å². The van der Waals surface area contributed by atoms with Crippen molar-refractivity contribution >= 4 is 5.96 Å². The summed E-state index contributed by atoms with van der Waals surface area (Å²) in [7, 11) is 1.83. The van der Waals surface area contributed by atoms with Crippen LogP contribution in [0.3, 0.4) is 0 Å². The van der Waals surface area contributed by atoms with Gasteiger partial charge >= 0.3 is 0 Å². The maximum Gasteiger partial charge on any atom is 0.191 e. The standard InChI is InChI=1S/C18H32N4O2/c1-3-10-22-11-7-16(8-12-22)21-18(19-2)20-9-5-13-23-15-17-6-4-14-24-17/h4,6,14,16H,3,5,7-13,15H2,1-2H3,(H2,19,20,21). The van der Waals surface area contributed by atoms with Crippen molar-refractivity contribution in [3.63, 3.8) is 0 Å². The lowest BCUT2D eigenvalue weighted by atomic mass is 10.1. The summed E-state index contributed by atoms with van der Waals surface area (Å²) in [5.41, 5.74) is 0. The Morgan fingerprint density at radius 1 is 1.42 bits per heavy atom. The van der Waals surface area contributed by atoms with Gasteiger partial charge < -0.3 is 24.7 Å². The number of guanidine groups is 1. The predicted octanol–water partition coefficient (Wildman–Crippen LogP) is 2.23. The van der Waals surface area contributed by atoms with Crippen molar-refractivity contribution in [2.45, 2.75) is 45.3 Å². The molecule has 1 fully saturated rings. The molecule has 0 radical (unpaired) electrons. The molecular formula is C18H32N4O2. The molecule has 0 amide bonds. The Balaban J connectivity index is 1.53. The van der Waals surface area contributed by atoms with Crippen molar-refractivity contribution in [3.8, 4) is 0 Å². The maximum atomic E-state index is 5.58. The Morgan fingerprint density at radius 3 is 2.92 bits per heavy atom. The Kier molecular flexibility index (Phi) is 8.70. The van der Waals surface area contributed by atoms with E-state index in [-0.39, 0.29) is 0 Å². The normalized spacial score (nSPS) is 17.2. The molecule has 1 aliphatic rings. The highest BCUT2D eigenvalue weighted by atomic mass is 16.5. The number of nitrogens with zero attached hydrogens (tertiary/aromatic N) is 2. The third kappa shape index (κ3) is 6.93. The highest BCUT2D eigenvalue weighted by Gasteiger charge is 2.19. The summed E-state index contributed by atoms with van der Waals surface area (Å²) in [6, 6.07) is 4.33. The number of hydrogen-bond donors (Lipinski definition) is 2. The Hall–Kier alpha value is -1.53. The Labute approximate surface area is 145 Å². The van der Waals surface area contributed by atoms with E-state index in [1.807, 2.05) is 19.2 Å². The number of rotatable bonds is 9. The van der Waals surface area contributed by atoms with Crippen LogP contribution in [0.15, 0.2) is 27.8 Å². The zero-order chi connectivity index (χ0) is 17.0. The van der Waals surface area contributed by atoms with E-state index >= 15 is 0 Å². The summed E-state index contributed by atoms with van der Waals surface area (Å²) < 4.78 is 10.8. The van der Waals surface area contributed by atoms with Gasteiger partial charge in [-0.1, -0.05) is 6.92 Å². The fourth-order valence-corrected chi connectivity index (χ4v) is 2.95. The predicted molar refractivity (Wildman–Crippen MR) is 97.2 cm³/mol. The number of furan rings is 1. The van der Waals surface area contributed by atoms with Crippen molar-refractivity contribution in [2.75, 3.05) is 39.8 Å². The van der Waals surface area contributed by atoms with Crippen LogP contribution in [0.5, 0.6) is 0 Å². The molecule has 1 aromatic heterocycles. The zero-order valence-electron chi connectivity index (χ0n) is 15.1. The lowest BCUT2D eigenvalue weighted by Gasteiger charge is -2.32. The molecule has 1 aromatic rings. The van der Waals surface area contributed by atoms with Crippen LogP contribution >= 0.6 is 0 Å². The minimum Gasteiger partial charge on any atom is -0.467 e. The van der Waals surface area contributed by atoms with Crippen molar-refractivity contribution in [3.05, 3.63) is 24.2 Å². The van der Waals surface area contributed by atoms with Gasteiger partial charge in [-0.15, -0.1) is 0 Å². The van der Waals surface area contributed by atoms with Crippen molar-refractivity contribution < 1.29 is 9.15 Å². The molecule has 136 valence electrons. The second kappa shape index (κ2) is 11.1. The summed E-state index contributed by atoms with van der Waals surface area (Å²) in [6.45, 7) is 7.93. The van der Waals surface area contributed by atoms with E-state index in [1.54, 1.807) is 6.26 Å². The van der Waals surface area contributed by atoms with Crippen LogP contribution in [-0.4, -0.2) is 56.7 Å². The first-order valence-corrected chi connectivity index (χ1v) is 9.11. The molecule has 0 aliphatic carbocycles. The zero-order valence-corrected chi connectivity index (χ0v) is 15.1. The number of likely N-dealkylation sites (tertiary alicyclic amines) is 1. The second-order valence-electron chi connectivity index (χ2n) is 6.24. The third-order valence-corrected chi connectivity index (χ3v) is 4.27. The summed E-state index contributed by atoms with van der Waals surface area (Å²) in [5, 5.41) is 6.91. The van der Waals surface area contributed by atoms with Crippen molar-refractivity contribution in [1.82, 2.24) is 15.5 Å². The fourth-order valence-electron chi connectivity index (χ4n) is 2.95. The van der Waals surface area contributed by atoms with Crippen LogP contribution in [0, 0.1) is 0 Å². The molecule has 6 nitrogen and oxygen atoms in total. The molecule has 24 heavy (non-hydrogen) atoms. The average Bonchev–Trinajstić information content (AvgIpc) is 3.12. The molecule has 1 saturated heterocycles. The molecule has 6 heteroatoms. The first-order chi connectivity index (χ1) is 11.8.